The Labute approximate surface area is 104 Å². The number of nitrogens with one attached hydrogen (secondary N) is 1. The average Bonchev–Trinajstić information content (AvgIpc) is 2.96. The fourth-order valence-corrected chi connectivity index (χ4v) is 2.06. The molecule has 0 unspecified atom stereocenters. The molecule has 0 aliphatic heterocycles. The van der Waals surface area contributed by atoms with E-state index in [1.165, 1.54) is 11.5 Å². The first kappa shape index (κ1) is 12.0. The number of anilines is 1. The van der Waals surface area contributed by atoms with Crippen molar-refractivity contribution < 1.29 is 4.74 Å². The molecule has 0 aliphatic carbocycles. The standard InChI is InChI=1S/C10H15N5OS/c1-15(7-8-3-5-11-13-8)10-12-9(14-17-10)4-6-16-2/h3,5H,4,6-7H2,1-2H3,(H,11,13). The third kappa shape index (κ3) is 3.24. The predicted molar refractivity (Wildman–Crippen MR) is 66.2 cm³/mol. The van der Waals surface area contributed by atoms with E-state index in [1.54, 1.807) is 13.3 Å². The lowest BCUT2D eigenvalue weighted by Gasteiger charge is -2.13. The van der Waals surface area contributed by atoms with Gasteiger partial charge in [-0.3, -0.25) is 5.10 Å². The van der Waals surface area contributed by atoms with Gasteiger partial charge in [0.15, 0.2) is 0 Å². The van der Waals surface area contributed by atoms with Gasteiger partial charge in [-0.15, -0.1) is 0 Å². The molecule has 2 aromatic rings. The molecule has 2 rings (SSSR count). The van der Waals surface area contributed by atoms with Crippen LogP contribution in [0.1, 0.15) is 11.5 Å². The highest BCUT2D eigenvalue weighted by Crippen LogP contribution is 2.17. The number of hydrogen-bond donors (Lipinski definition) is 1. The summed E-state index contributed by atoms with van der Waals surface area (Å²) in [5.41, 5.74) is 1.06. The summed E-state index contributed by atoms with van der Waals surface area (Å²) >= 11 is 1.40. The van der Waals surface area contributed by atoms with Crippen LogP contribution in [-0.4, -0.2) is 40.3 Å². The second kappa shape index (κ2) is 5.74. The lowest BCUT2D eigenvalue weighted by atomic mass is 10.4. The van der Waals surface area contributed by atoms with Crippen LogP contribution in [-0.2, 0) is 17.7 Å². The second-order valence-electron chi connectivity index (χ2n) is 3.67. The van der Waals surface area contributed by atoms with Gasteiger partial charge in [-0.05, 0) is 6.07 Å². The summed E-state index contributed by atoms with van der Waals surface area (Å²) in [6, 6.07) is 1.95. The molecule has 0 saturated heterocycles. The first-order valence-corrected chi connectivity index (χ1v) is 6.08. The highest BCUT2D eigenvalue weighted by Gasteiger charge is 2.09. The van der Waals surface area contributed by atoms with E-state index < -0.39 is 0 Å². The van der Waals surface area contributed by atoms with Gasteiger partial charge < -0.3 is 9.64 Å². The molecule has 0 amide bonds. The number of nitrogens with zero attached hydrogens (tertiary/aromatic N) is 4. The van der Waals surface area contributed by atoms with Crippen LogP contribution >= 0.6 is 11.5 Å². The Morgan fingerprint density at radius 2 is 2.41 bits per heavy atom. The van der Waals surface area contributed by atoms with Crippen LogP contribution in [0.5, 0.6) is 0 Å². The Balaban J connectivity index is 1.94. The van der Waals surface area contributed by atoms with E-state index in [0.29, 0.717) is 6.61 Å². The highest BCUT2D eigenvalue weighted by molar-refractivity contribution is 7.09. The van der Waals surface area contributed by atoms with E-state index in [1.807, 2.05) is 18.0 Å². The smallest absolute Gasteiger partial charge is 0.205 e. The van der Waals surface area contributed by atoms with Crippen molar-refractivity contribution in [1.29, 1.82) is 0 Å². The SMILES string of the molecule is COCCc1nsc(N(C)Cc2ccn[nH]2)n1. The maximum absolute atomic E-state index is 5.00. The molecule has 0 aliphatic rings. The first-order chi connectivity index (χ1) is 8.29. The van der Waals surface area contributed by atoms with Gasteiger partial charge in [0.05, 0.1) is 18.8 Å². The van der Waals surface area contributed by atoms with Gasteiger partial charge in [-0.2, -0.15) is 9.47 Å². The fourth-order valence-electron chi connectivity index (χ4n) is 1.39. The molecule has 0 spiro atoms. The third-order valence-electron chi connectivity index (χ3n) is 2.28. The summed E-state index contributed by atoms with van der Waals surface area (Å²) in [4.78, 5) is 6.49. The molecule has 7 heteroatoms. The number of hydrogen-bond acceptors (Lipinski definition) is 6. The van der Waals surface area contributed by atoms with Crippen LogP contribution in [0.2, 0.25) is 0 Å². The summed E-state index contributed by atoms with van der Waals surface area (Å²) in [6.07, 6.45) is 2.50. The molecule has 6 nitrogen and oxygen atoms in total. The van der Waals surface area contributed by atoms with Crippen molar-refractivity contribution in [2.75, 3.05) is 25.7 Å². The molecule has 0 bridgehead atoms. The van der Waals surface area contributed by atoms with E-state index in [9.17, 15) is 0 Å². The van der Waals surface area contributed by atoms with Crippen molar-refractivity contribution in [2.24, 2.45) is 0 Å². The van der Waals surface area contributed by atoms with Crippen molar-refractivity contribution in [3.05, 3.63) is 23.8 Å². The van der Waals surface area contributed by atoms with E-state index >= 15 is 0 Å². The maximum atomic E-state index is 5.00. The van der Waals surface area contributed by atoms with Crippen LogP contribution in [0.4, 0.5) is 5.13 Å². The van der Waals surface area contributed by atoms with Crippen molar-refractivity contribution >= 4 is 16.7 Å². The summed E-state index contributed by atoms with van der Waals surface area (Å²) in [7, 11) is 3.67. The monoisotopic (exact) mass is 253 g/mol. The molecular formula is C10H15N5OS. The van der Waals surface area contributed by atoms with Gasteiger partial charge >= 0.3 is 0 Å². The van der Waals surface area contributed by atoms with Crippen LogP contribution in [0.25, 0.3) is 0 Å². The molecule has 2 heterocycles. The Bertz CT molecular complexity index is 441. The van der Waals surface area contributed by atoms with E-state index in [2.05, 4.69) is 19.6 Å². The zero-order valence-corrected chi connectivity index (χ0v) is 10.7. The molecule has 0 fully saturated rings. The largest absolute Gasteiger partial charge is 0.384 e. The van der Waals surface area contributed by atoms with Gasteiger partial charge in [0.2, 0.25) is 5.13 Å². The molecule has 2 aromatic heterocycles. The van der Waals surface area contributed by atoms with Crippen LogP contribution in [0.3, 0.4) is 0 Å². The lowest BCUT2D eigenvalue weighted by molar-refractivity contribution is 0.201. The summed E-state index contributed by atoms with van der Waals surface area (Å²) in [5.74, 6) is 0.836. The van der Waals surface area contributed by atoms with E-state index in [4.69, 9.17) is 4.74 Å². The zero-order valence-electron chi connectivity index (χ0n) is 9.88. The Kier molecular flexibility index (Phi) is 4.05. The third-order valence-corrected chi connectivity index (χ3v) is 3.15. The Hall–Kier alpha value is -1.47. The van der Waals surface area contributed by atoms with Gasteiger partial charge in [-0.25, -0.2) is 4.98 Å². The Morgan fingerprint density at radius 1 is 1.53 bits per heavy atom. The lowest BCUT2D eigenvalue weighted by Crippen LogP contribution is -2.16. The Morgan fingerprint density at radius 3 is 3.12 bits per heavy atom. The number of ether oxygens (including phenoxy) is 1. The van der Waals surface area contributed by atoms with Crippen molar-refractivity contribution in [1.82, 2.24) is 19.6 Å². The van der Waals surface area contributed by atoms with Gasteiger partial charge in [-0.1, -0.05) is 0 Å². The molecule has 1 N–H and O–H groups in total. The molecule has 0 aromatic carbocycles. The highest BCUT2D eigenvalue weighted by atomic mass is 32.1. The summed E-state index contributed by atoms with van der Waals surface area (Å²) < 4.78 is 9.29. The molecule has 0 atom stereocenters. The summed E-state index contributed by atoms with van der Waals surface area (Å²) in [5, 5.41) is 7.75. The molecule has 92 valence electrons. The molecule has 0 saturated carbocycles. The van der Waals surface area contributed by atoms with Gasteiger partial charge in [0.25, 0.3) is 0 Å². The maximum Gasteiger partial charge on any atom is 0.205 e. The second-order valence-corrected chi connectivity index (χ2v) is 4.40. The first-order valence-electron chi connectivity index (χ1n) is 5.30. The quantitative estimate of drug-likeness (QED) is 0.834. The normalized spacial score (nSPS) is 10.7. The topological polar surface area (TPSA) is 66.9 Å². The minimum Gasteiger partial charge on any atom is -0.384 e. The van der Waals surface area contributed by atoms with Crippen molar-refractivity contribution in [3.8, 4) is 0 Å². The van der Waals surface area contributed by atoms with E-state index in [-0.39, 0.29) is 0 Å². The fraction of sp³-hybridized carbons (Fsp3) is 0.500. The minimum atomic E-state index is 0.653. The number of rotatable bonds is 6. The van der Waals surface area contributed by atoms with Gasteiger partial charge in [0, 0.05) is 38.3 Å². The van der Waals surface area contributed by atoms with Crippen LogP contribution < -0.4 is 4.90 Å². The average molecular weight is 253 g/mol. The number of H-pyrrole nitrogens is 1. The predicted octanol–water partition coefficient (Wildman–Crippen LogP) is 1.09. The van der Waals surface area contributed by atoms with Crippen molar-refractivity contribution in [3.63, 3.8) is 0 Å². The molecular weight excluding hydrogens is 238 g/mol. The molecule has 17 heavy (non-hydrogen) atoms. The van der Waals surface area contributed by atoms with Gasteiger partial charge in [0.1, 0.15) is 5.82 Å². The van der Waals surface area contributed by atoms with Crippen LogP contribution in [0, 0.1) is 0 Å². The zero-order chi connectivity index (χ0) is 12.1. The molecule has 0 radical (unpaired) electrons. The van der Waals surface area contributed by atoms with E-state index in [0.717, 1.165) is 29.6 Å². The van der Waals surface area contributed by atoms with Crippen molar-refractivity contribution in [2.45, 2.75) is 13.0 Å². The number of methoxy groups -OCH3 is 1. The number of aromatic nitrogens is 4. The van der Waals surface area contributed by atoms with Crippen LogP contribution in [0.15, 0.2) is 12.3 Å². The number of aromatic amines is 1. The summed E-state index contributed by atoms with van der Waals surface area (Å²) in [6.45, 7) is 1.40. The minimum absolute atomic E-state index is 0.653.